The second kappa shape index (κ2) is 5.87. The molecule has 1 aromatic heterocycles. The maximum Gasteiger partial charge on any atom is 0.198 e. The second-order valence-corrected chi connectivity index (χ2v) is 7.36. The molecule has 2 fully saturated rings. The van der Waals surface area contributed by atoms with Crippen molar-refractivity contribution >= 4 is 12.2 Å². The first-order chi connectivity index (χ1) is 11.1. The third-order valence-electron chi connectivity index (χ3n) is 5.16. The van der Waals surface area contributed by atoms with Gasteiger partial charge in [0.1, 0.15) is 5.82 Å². The Morgan fingerprint density at radius 3 is 2.61 bits per heavy atom. The van der Waals surface area contributed by atoms with E-state index in [9.17, 15) is 0 Å². The van der Waals surface area contributed by atoms with Gasteiger partial charge in [-0.3, -0.25) is 4.90 Å². The zero-order valence-electron chi connectivity index (χ0n) is 13.9. The SMILES string of the molecule is Cc1ccc(C2CCCN2Cn2nc(C3CC3)n(C)c2=S)cc1. The van der Waals surface area contributed by atoms with Gasteiger partial charge < -0.3 is 4.57 Å². The predicted octanol–water partition coefficient (Wildman–Crippen LogP) is 3.93. The summed E-state index contributed by atoms with van der Waals surface area (Å²) in [6.45, 7) is 4.07. The lowest BCUT2D eigenvalue weighted by molar-refractivity contribution is 0.189. The van der Waals surface area contributed by atoms with Crippen molar-refractivity contribution in [1.82, 2.24) is 19.2 Å². The summed E-state index contributed by atoms with van der Waals surface area (Å²) in [5.74, 6) is 1.80. The van der Waals surface area contributed by atoms with Gasteiger partial charge >= 0.3 is 0 Å². The van der Waals surface area contributed by atoms with Crippen LogP contribution in [0.3, 0.4) is 0 Å². The lowest BCUT2D eigenvalue weighted by Gasteiger charge is -2.24. The van der Waals surface area contributed by atoms with Gasteiger partial charge in [-0.1, -0.05) is 29.8 Å². The van der Waals surface area contributed by atoms with E-state index in [0.717, 1.165) is 18.0 Å². The summed E-state index contributed by atoms with van der Waals surface area (Å²) < 4.78 is 4.97. The number of nitrogens with zero attached hydrogens (tertiary/aromatic N) is 4. The highest BCUT2D eigenvalue weighted by Crippen LogP contribution is 2.39. The fourth-order valence-electron chi connectivity index (χ4n) is 3.63. The van der Waals surface area contributed by atoms with Crippen molar-refractivity contribution in [1.29, 1.82) is 0 Å². The van der Waals surface area contributed by atoms with Crippen LogP contribution in [0.2, 0.25) is 0 Å². The molecule has 5 heteroatoms. The molecule has 23 heavy (non-hydrogen) atoms. The van der Waals surface area contributed by atoms with E-state index in [1.807, 2.05) is 4.68 Å². The minimum atomic E-state index is 0.490. The fourth-order valence-corrected chi connectivity index (χ4v) is 3.82. The number of hydrogen-bond donors (Lipinski definition) is 0. The number of benzene rings is 1. The lowest BCUT2D eigenvalue weighted by Crippen LogP contribution is -2.27. The van der Waals surface area contributed by atoms with E-state index in [4.69, 9.17) is 17.3 Å². The van der Waals surface area contributed by atoms with E-state index in [0.29, 0.717) is 12.0 Å². The Morgan fingerprint density at radius 2 is 1.91 bits per heavy atom. The van der Waals surface area contributed by atoms with Crippen molar-refractivity contribution in [2.24, 2.45) is 7.05 Å². The number of aryl methyl sites for hydroxylation is 1. The van der Waals surface area contributed by atoms with Crippen molar-refractivity contribution in [3.05, 3.63) is 46.0 Å². The molecule has 0 N–H and O–H groups in total. The normalized spacial score (nSPS) is 21.9. The summed E-state index contributed by atoms with van der Waals surface area (Å²) in [5, 5.41) is 4.81. The summed E-state index contributed by atoms with van der Waals surface area (Å²) in [7, 11) is 2.06. The maximum absolute atomic E-state index is 5.60. The van der Waals surface area contributed by atoms with Gasteiger partial charge in [-0.25, -0.2) is 4.68 Å². The smallest absolute Gasteiger partial charge is 0.198 e. The Kier molecular flexibility index (Phi) is 3.85. The molecule has 1 atom stereocenters. The van der Waals surface area contributed by atoms with E-state index in [1.165, 1.54) is 42.6 Å². The van der Waals surface area contributed by atoms with E-state index >= 15 is 0 Å². The highest BCUT2D eigenvalue weighted by molar-refractivity contribution is 7.71. The zero-order chi connectivity index (χ0) is 16.0. The first-order valence-corrected chi connectivity index (χ1v) is 8.98. The Hall–Kier alpha value is -1.46. The molecule has 0 spiro atoms. The van der Waals surface area contributed by atoms with Crippen LogP contribution in [0.4, 0.5) is 0 Å². The summed E-state index contributed by atoms with van der Waals surface area (Å²) in [4.78, 5) is 2.52. The molecule has 122 valence electrons. The monoisotopic (exact) mass is 328 g/mol. The lowest BCUT2D eigenvalue weighted by atomic mass is 10.0. The summed E-state index contributed by atoms with van der Waals surface area (Å²) in [6.07, 6.45) is 4.98. The molecule has 4 rings (SSSR count). The number of hydrogen-bond acceptors (Lipinski definition) is 3. The van der Waals surface area contributed by atoms with Gasteiger partial charge in [0.05, 0.1) is 6.67 Å². The molecule has 0 amide bonds. The van der Waals surface area contributed by atoms with E-state index in [2.05, 4.69) is 47.7 Å². The highest BCUT2D eigenvalue weighted by atomic mass is 32.1. The largest absolute Gasteiger partial charge is 0.307 e. The van der Waals surface area contributed by atoms with Crippen LogP contribution in [0, 0.1) is 11.7 Å². The molecule has 4 nitrogen and oxygen atoms in total. The summed E-state index contributed by atoms with van der Waals surface area (Å²) in [6, 6.07) is 9.45. The standard InChI is InChI=1S/C18H24N4S/c1-13-5-7-14(8-6-13)16-4-3-11-21(16)12-22-18(23)20(2)17(19-22)15-9-10-15/h5-8,15-16H,3-4,9-12H2,1-2H3. The first-order valence-electron chi connectivity index (χ1n) is 8.58. The van der Waals surface area contributed by atoms with Gasteiger partial charge in [0, 0.05) is 25.6 Å². The number of aromatic nitrogens is 3. The van der Waals surface area contributed by atoms with Gasteiger partial charge in [-0.15, -0.1) is 0 Å². The zero-order valence-corrected chi connectivity index (χ0v) is 14.7. The van der Waals surface area contributed by atoms with Crippen molar-refractivity contribution in [2.75, 3.05) is 6.54 Å². The van der Waals surface area contributed by atoms with Crippen LogP contribution in [0.5, 0.6) is 0 Å². The molecule has 0 radical (unpaired) electrons. The molecular weight excluding hydrogens is 304 g/mol. The molecule has 1 aliphatic heterocycles. The molecule has 1 saturated carbocycles. The van der Waals surface area contributed by atoms with Gasteiger partial charge in [0.25, 0.3) is 0 Å². The number of rotatable bonds is 4. The minimum absolute atomic E-state index is 0.490. The molecule has 1 aliphatic carbocycles. The molecule has 1 saturated heterocycles. The number of likely N-dealkylation sites (tertiary alicyclic amines) is 1. The van der Waals surface area contributed by atoms with E-state index in [-0.39, 0.29) is 0 Å². The molecule has 1 aromatic carbocycles. The van der Waals surface area contributed by atoms with Crippen LogP contribution >= 0.6 is 12.2 Å². The average molecular weight is 328 g/mol. The molecule has 1 unspecified atom stereocenters. The van der Waals surface area contributed by atoms with E-state index < -0.39 is 0 Å². The average Bonchev–Trinajstić information content (AvgIpc) is 3.23. The third-order valence-corrected chi connectivity index (χ3v) is 5.64. The molecule has 0 bridgehead atoms. The van der Waals surface area contributed by atoms with Gasteiger partial charge in [0.2, 0.25) is 0 Å². The van der Waals surface area contributed by atoms with E-state index in [1.54, 1.807) is 0 Å². The van der Waals surface area contributed by atoms with Crippen LogP contribution in [-0.4, -0.2) is 25.8 Å². The Balaban J connectivity index is 1.57. The Morgan fingerprint density at radius 1 is 1.17 bits per heavy atom. The third kappa shape index (κ3) is 2.88. The Bertz CT molecular complexity index is 754. The summed E-state index contributed by atoms with van der Waals surface area (Å²) >= 11 is 5.60. The van der Waals surface area contributed by atoms with Crippen molar-refractivity contribution in [2.45, 2.75) is 51.2 Å². The first kappa shape index (κ1) is 15.1. The van der Waals surface area contributed by atoms with Crippen molar-refractivity contribution < 1.29 is 0 Å². The van der Waals surface area contributed by atoms with Crippen molar-refractivity contribution in [3.8, 4) is 0 Å². The molecule has 2 heterocycles. The fraction of sp³-hybridized carbons (Fsp3) is 0.556. The second-order valence-electron chi connectivity index (χ2n) is 7.00. The minimum Gasteiger partial charge on any atom is -0.307 e. The maximum atomic E-state index is 5.60. The van der Waals surface area contributed by atoms with Gasteiger partial charge in [0.15, 0.2) is 4.77 Å². The summed E-state index contributed by atoms with van der Waals surface area (Å²) in [5.41, 5.74) is 2.73. The van der Waals surface area contributed by atoms with Crippen LogP contribution in [0.1, 0.15) is 54.6 Å². The molecule has 2 aromatic rings. The predicted molar refractivity (Wildman–Crippen MR) is 93.9 cm³/mol. The van der Waals surface area contributed by atoms with Crippen LogP contribution in [0.25, 0.3) is 0 Å². The highest BCUT2D eigenvalue weighted by Gasteiger charge is 2.31. The van der Waals surface area contributed by atoms with Gasteiger partial charge in [-0.2, -0.15) is 5.10 Å². The topological polar surface area (TPSA) is 26.0 Å². The molecular formula is C18H24N4S. The van der Waals surface area contributed by atoms with Gasteiger partial charge in [-0.05, 0) is 50.4 Å². The Labute approximate surface area is 142 Å². The molecule has 2 aliphatic rings. The van der Waals surface area contributed by atoms with Crippen LogP contribution in [-0.2, 0) is 13.7 Å². The van der Waals surface area contributed by atoms with Crippen LogP contribution in [0.15, 0.2) is 24.3 Å². The van der Waals surface area contributed by atoms with Crippen LogP contribution < -0.4 is 0 Å². The van der Waals surface area contributed by atoms with Crippen molar-refractivity contribution in [3.63, 3.8) is 0 Å². The quantitative estimate of drug-likeness (QED) is 0.795.